The first kappa shape index (κ1) is 22.8. The van der Waals surface area contributed by atoms with E-state index in [2.05, 4.69) is 15.0 Å². The molecule has 10 heteroatoms. The molecule has 3 N–H and O–H groups in total. The predicted molar refractivity (Wildman–Crippen MR) is 103 cm³/mol. The second kappa shape index (κ2) is 11.4. The molecule has 0 radical (unpaired) electrons. The molecule has 26 heavy (non-hydrogen) atoms. The SMILES string of the molecule is I.NC(=NCCCOCC1CCOC1)Nc1ccccc1OC(F)(F)F. The molecule has 0 amide bonds. The predicted octanol–water partition coefficient (Wildman–Crippen LogP) is 3.37. The van der Waals surface area contributed by atoms with Gasteiger partial charge in [-0.05, 0) is 25.0 Å². The van der Waals surface area contributed by atoms with Crippen molar-refractivity contribution in [2.45, 2.75) is 19.2 Å². The van der Waals surface area contributed by atoms with Crippen LogP contribution in [0.5, 0.6) is 5.75 Å². The van der Waals surface area contributed by atoms with Crippen LogP contribution in [0.1, 0.15) is 12.8 Å². The van der Waals surface area contributed by atoms with E-state index >= 15 is 0 Å². The molecule has 0 saturated carbocycles. The van der Waals surface area contributed by atoms with Crippen LogP contribution in [0.25, 0.3) is 0 Å². The minimum atomic E-state index is -4.77. The van der Waals surface area contributed by atoms with Crippen molar-refractivity contribution in [3.8, 4) is 5.75 Å². The molecule has 0 spiro atoms. The van der Waals surface area contributed by atoms with E-state index in [1.807, 2.05) is 0 Å². The van der Waals surface area contributed by atoms with E-state index in [0.717, 1.165) is 19.6 Å². The number of ether oxygens (including phenoxy) is 3. The van der Waals surface area contributed by atoms with Gasteiger partial charge in [0, 0.05) is 25.7 Å². The lowest BCUT2D eigenvalue weighted by Crippen LogP contribution is -2.24. The first-order chi connectivity index (χ1) is 11.9. The van der Waals surface area contributed by atoms with E-state index in [9.17, 15) is 13.2 Å². The number of benzene rings is 1. The molecule has 1 aromatic rings. The summed E-state index contributed by atoms with van der Waals surface area (Å²) in [6.45, 7) is 3.15. The Morgan fingerprint density at radius 2 is 2.12 bits per heavy atom. The summed E-state index contributed by atoms with van der Waals surface area (Å²) in [6.07, 6.45) is -3.09. The summed E-state index contributed by atoms with van der Waals surface area (Å²) in [5, 5.41) is 2.61. The van der Waals surface area contributed by atoms with Crippen molar-refractivity contribution in [1.82, 2.24) is 0 Å². The molecule has 1 fully saturated rings. The molecule has 0 aliphatic carbocycles. The Balaban J connectivity index is 0.00000338. The first-order valence-corrected chi connectivity index (χ1v) is 8.01. The van der Waals surface area contributed by atoms with Crippen LogP contribution in [-0.4, -0.2) is 45.3 Å². The number of rotatable bonds is 8. The maximum absolute atomic E-state index is 12.4. The van der Waals surface area contributed by atoms with Crippen molar-refractivity contribution in [2.75, 3.05) is 38.3 Å². The molecule has 1 aliphatic rings. The molecule has 1 aliphatic heterocycles. The fraction of sp³-hybridized carbons (Fsp3) is 0.562. The van der Waals surface area contributed by atoms with Crippen molar-refractivity contribution < 1.29 is 27.4 Å². The van der Waals surface area contributed by atoms with Crippen LogP contribution in [0.3, 0.4) is 0 Å². The minimum Gasteiger partial charge on any atom is -0.404 e. The number of alkyl halides is 3. The maximum atomic E-state index is 12.4. The van der Waals surface area contributed by atoms with Gasteiger partial charge in [0.05, 0.1) is 18.9 Å². The number of hydrogen-bond donors (Lipinski definition) is 2. The molecule has 2 rings (SSSR count). The number of nitrogens with one attached hydrogen (secondary N) is 1. The smallest absolute Gasteiger partial charge is 0.404 e. The van der Waals surface area contributed by atoms with Crippen LogP contribution >= 0.6 is 24.0 Å². The zero-order chi connectivity index (χ0) is 18.1. The van der Waals surface area contributed by atoms with E-state index in [1.165, 1.54) is 18.2 Å². The fourth-order valence-electron chi connectivity index (χ4n) is 2.29. The Morgan fingerprint density at radius 3 is 2.81 bits per heavy atom. The van der Waals surface area contributed by atoms with Crippen molar-refractivity contribution in [3.05, 3.63) is 24.3 Å². The zero-order valence-electron chi connectivity index (χ0n) is 14.1. The molecule has 0 bridgehead atoms. The van der Waals surface area contributed by atoms with Gasteiger partial charge in [-0.15, -0.1) is 37.1 Å². The number of guanidine groups is 1. The summed E-state index contributed by atoms with van der Waals surface area (Å²) in [5.74, 6) is 0.109. The zero-order valence-corrected chi connectivity index (χ0v) is 16.5. The van der Waals surface area contributed by atoms with Crippen molar-refractivity contribution in [2.24, 2.45) is 16.6 Å². The number of nitrogens with zero attached hydrogens (tertiary/aromatic N) is 1. The van der Waals surface area contributed by atoms with Crippen molar-refractivity contribution in [3.63, 3.8) is 0 Å². The fourth-order valence-corrected chi connectivity index (χ4v) is 2.29. The third kappa shape index (κ3) is 8.90. The monoisotopic (exact) mass is 489 g/mol. The Kier molecular flexibility index (Phi) is 10.0. The number of para-hydroxylation sites is 2. The second-order valence-corrected chi connectivity index (χ2v) is 5.59. The van der Waals surface area contributed by atoms with Crippen LogP contribution in [0.15, 0.2) is 29.3 Å². The summed E-state index contributed by atoms with van der Waals surface area (Å²) in [4.78, 5) is 4.07. The van der Waals surface area contributed by atoms with E-state index in [1.54, 1.807) is 6.07 Å². The third-order valence-electron chi connectivity index (χ3n) is 3.48. The molecular weight excluding hydrogens is 466 g/mol. The summed E-state index contributed by atoms with van der Waals surface area (Å²) in [5.41, 5.74) is 5.79. The molecule has 148 valence electrons. The van der Waals surface area contributed by atoms with E-state index in [-0.39, 0.29) is 41.4 Å². The summed E-state index contributed by atoms with van der Waals surface area (Å²) in [6, 6.07) is 5.63. The minimum absolute atomic E-state index is 0. The van der Waals surface area contributed by atoms with Gasteiger partial charge in [0.15, 0.2) is 11.7 Å². The number of hydrogen-bond acceptors (Lipinski definition) is 4. The van der Waals surface area contributed by atoms with Crippen molar-refractivity contribution in [1.29, 1.82) is 0 Å². The standard InChI is InChI=1S/C16H22F3N3O3.HI/c17-16(18,19)25-14-5-2-1-4-13(14)22-15(20)21-7-3-8-23-10-12-6-9-24-11-12;/h1-2,4-5,12H,3,6-11H2,(H3,20,21,22);1H. The molecule has 1 aromatic carbocycles. The van der Waals surface area contributed by atoms with Crippen LogP contribution in [-0.2, 0) is 9.47 Å². The van der Waals surface area contributed by atoms with Gasteiger partial charge in [-0.1, -0.05) is 12.1 Å². The topological polar surface area (TPSA) is 78.1 Å². The van der Waals surface area contributed by atoms with Gasteiger partial charge in [-0.2, -0.15) is 0 Å². The van der Waals surface area contributed by atoms with Gasteiger partial charge < -0.3 is 25.3 Å². The highest BCUT2D eigenvalue weighted by Gasteiger charge is 2.32. The van der Waals surface area contributed by atoms with Crippen LogP contribution in [0.2, 0.25) is 0 Å². The summed E-state index contributed by atoms with van der Waals surface area (Å²) in [7, 11) is 0. The summed E-state index contributed by atoms with van der Waals surface area (Å²) >= 11 is 0. The molecular formula is C16H23F3IN3O3. The molecule has 1 heterocycles. The highest BCUT2D eigenvalue weighted by Crippen LogP contribution is 2.29. The molecule has 6 nitrogen and oxygen atoms in total. The maximum Gasteiger partial charge on any atom is 0.573 e. The molecule has 1 unspecified atom stereocenters. The number of aliphatic imine (C=N–C) groups is 1. The van der Waals surface area contributed by atoms with Crippen LogP contribution < -0.4 is 15.8 Å². The second-order valence-electron chi connectivity index (χ2n) is 5.59. The quantitative estimate of drug-likeness (QED) is 0.254. The Labute approximate surface area is 167 Å². The lowest BCUT2D eigenvalue weighted by molar-refractivity contribution is -0.274. The number of anilines is 1. The van der Waals surface area contributed by atoms with E-state index in [4.69, 9.17) is 15.2 Å². The van der Waals surface area contributed by atoms with Gasteiger partial charge in [0.2, 0.25) is 0 Å². The molecule has 1 saturated heterocycles. The van der Waals surface area contributed by atoms with Gasteiger partial charge in [-0.25, -0.2) is 0 Å². The average Bonchev–Trinajstić information content (AvgIpc) is 3.04. The first-order valence-electron chi connectivity index (χ1n) is 8.01. The van der Waals surface area contributed by atoms with Crippen LogP contribution in [0, 0.1) is 5.92 Å². The third-order valence-corrected chi connectivity index (χ3v) is 3.48. The van der Waals surface area contributed by atoms with Gasteiger partial charge in [0.25, 0.3) is 0 Å². The summed E-state index contributed by atoms with van der Waals surface area (Å²) < 4.78 is 51.8. The normalized spacial score (nSPS) is 17.7. The number of halogens is 4. The van der Waals surface area contributed by atoms with E-state index in [0.29, 0.717) is 32.1 Å². The Hall–Kier alpha value is -1.27. The highest BCUT2D eigenvalue weighted by atomic mass is 127. The molecule has 1 atom stereocenters. The Bertz CT molecular complexity index is 567. The van der Waals surface area contributed by atoms with Crippen LogP contribution in [0.4, 0.5) is 18.9 Å². The molecule has 0 aromatic heterocycles. The largest absolute Gasteiger partial charge is 0.573 e. The highest BCUT2D eigenvalue weighted by molar-refractivity contribution is 14.0. The average molecular weight is 489 g/mol. The lowest BCUT2D eigenvalue weighted by Gasteiger charge is -2.14. The van der Waals surface area contributed by atoms with Gasteiger partial charge >= 0.3 is 6.36 Å². The van der Waals surface area contributed by atoms with Crippen molar-refractivity contribution >= 4 is 35.6 Å². The van der Waals surface area contributed by atoms with Gasteiger partial charge in [0.1, 0.15) is 0 Å². The van der Waals surface area contributed by atoms with Gasteiger partial charge in [-0.3, -0.25) is 4.99 Å². The van der Waals surface area contributed by atoms with E-state index < -0.39 is 6.36 Å². The lowest BCUT2D eigenvalue weighted by atomic mass is 10.1. The Morgan fingerprint density at radius 1 is 1.35 bits per heavy atom. The number of nitrogens with two attached hydrogens (primary N) is 1.